The van der Waals surface area contributed by atoms with Gasteiger partial charge in [0.25, 0.3) is 5.69 Å². The summed E-state index contributed by atoms with van der Waals surface area (Å²) in [4.78, 5) is 10.4. The van der Waals surface area contributed by atoms with Gasteiger partial charge in [-0.3, -0.25) is 10.1 Å². The average Bonchev–Trinajstić information content (AvgIpc) is 2.24. The van der Waals surface area contributed by atoms with Crippen LogP contribution in [0.5, 0.6) is 5.75 Å². The van der Waals surface area contributed by atoms with Crippen LogP contribution < -0.4 is 15.4 Å². The van der Waals surface area contributed by atoms with Crippen molar-refractivity contribution in [3.05, 3.63) is 28.3 Å². The molecule has 1 saturated heterocycles. The topological polar surface area (TPSA) is 76.4 Å². The van der Waals surface area contributed by atoms with Crippen LogP contribution >= 0.6 is 0 Å². The standard InChI is InChI=1S/C11H15N3O3/c1-2-17-11-4-8(13-9-6-12-7-9)3-10(5-11)14(15)16/h3-5,9,12-13H,2,6-7H2,1H3. The number of nitro groups is 1. The van der Waals surface area contributed by atoms with Gasteiger partial charge in [-0.2, -0.15) is 0 Å². The maximum atomic E-state index is 10.8. The van der Waals surface area contributed by atoms with Crippen LogP contribution in [-0.2, 0) is 0 Å². The van der Waals surface area contributed by atoms with Gasteiger partial charge in [0, 0.05) is 30.9 Å². The van der Waals surface area contributed by atoms with E-state index in [0.29, 0.717) is 18.4 Å². The summed E-state index contributed by atoms with van der Waals surface area (Å²) < 4.78 is 5.31. The number of nitrogens with one attached hydrogen (secondary N) is 2. The zero-order chi connectivity index (χ0) is 12.3. The number of ether oxygens (including phenoxy) is 1. The highest BCUT2D eigenvalue weighted by Crippen LogP contribution is 2.26. The Hall–Kier alpha value is -1.82. The zero-order valence-electron chi connectivity index (χ0n) is 9.60. The lowest BCUT2D eigenvalue weighted by Gasteiger charge is -2.29. The fourth-order valence-electron chi connectivity index (χ4n) is 1.65. The summed E-state index contributed by atoms with van der Waals surface area (Å²) in [6.45, 7) is 4.10. The van der Waals surface area contributed by atoms with E-state index >= 15 is 0 Å². The average molecular weight is 237 g/mol. The van der Waals surface area contributed by atoms with Crippen LogP contribution in [0.4, 0.5) is 11.4 Å². The molecular formula is C11H15N3O3. The van der Waals surface area contributed by atoms with Crippen molar-refractivity contribution in [1.29, 1.82) is 0 Å². The normalized spacial score (nSPS) is 15.1. The molecule has 0 radical (unpaired) electrons. The lowest BCUT2D eigenvalue weighted by molar-refractivity contribution is -0.384. The maximum Gasteiger partial charge on any atom is 0.275 e. The van der Waals surface area contributed by atoms with E-state index < -0.39 is 4.92 Å². The number of hydrogen-bond acceptors (Lipinski definition) is 5. The van der Waals surface area contributed by atoms with Crippen LogP contribution in [-0.4, -0.2) is 30.7 Å². The van der Waals surface area contributed by atoms with Crippen molar-refractivity contribution in [2.75, 3.05) is 25.0 Å². The van der Waals surface area contributed by atoms with Gasteiger partial charge in [-0.05, 0) is 6.92 Å². The third kappa shape index (κ3) is 2.85. The van der Waals surface area contributed by atoms with Gasteiger partial charge < -0.3 is 15.4 Å². The summed E-state index contributed by atoms with van der Waals surface area (Å²) >= 11 is 0. The summed E-state index contributed by atoms with van der Waals surface area (Å²) in [7, 11) is 0. The molecular weight excluding hydrogens is 222 g/mol. The highest BCUT2D eigenvalue weighted by molar-refractivity contribution is 5.57. The fraction of sp³-hybridized carbons (Fsp3) is 0.455. The summed E-state index contributed by atoms with van der Waals surface area (Å²) in [6, 6.07) is 5.09. The molecule has 2 N–H and O–H groups in total. The highest BCUT2D eigenvalue weighted by Gasteiger charge is 2.18. The van der Waals surface area contributed by atoms with E-state index in [9.17, 15) is 10.1 Å². The number of nitrogens with zero attached hydrogens (tertiary/aromatic N) is 1. The van der Waals surface area contributed by atoms with Crippen LogP contribution in [0, 0.1) is 10.1 Å². The quantitative estimate of drug-likeness (QED) is 0.597. The van der Waals surface area contributed by atoms with Crippen molar-refractivity contribution >= 4 is 11.4 Å². The van der Waals surface area contributed by atoms with Gasteiger partial charge in [0.05, 0.1) is 23.6 Å². The van der Waals surface area contributed by atoms with Gasteiger partial charge in [-0.25, -0.2) is 0 Å². The largest absolute Gasteiger partial charge is 0.494 e. The summed E-state index contributed by atoms with van der Waals surface area (Å²) in [5, 5.41) is 17.1. The van der Waals surface area contributed by atoms with Crippen molar-refractivity contribution in [1.82, 2.24) is 5.32 Å². The van der Waals surface area contributed by atoms with E-state index in [1.54, 1.807) is 6.07 Å². The Balaban J connectivity index is 2.19. The Morgan fingerprint density at radius 1 is 1.53 bits per heavy atom. The number of non-ortho nitro benzene ring substituents is 1. The molecule has 1 aromatic carbocycles. The lowest BCUT2D eigenvalue weighted by atomic mass is 10.1. The molecule has 0 aliphatic carbocycles. The van der Waals surface area contributed by atoms with E-state index in [4.69, 9.17) is 4.74 Å². The third-order valence-electron chi connectivity index (χ3n) is 2.57. The van der Waals surface area contributed by atoms with Gasteiger partial charge in [0.1, 0.15) is 5.75 Å². The maximum absolute atomic E-state index is 10.8. The Morgan fingerprint density at radius 3 is 2.82 bits per heavy atom. The first kappa shape index (κ1) is 11.7. The number of nitro benzene ring substituents is 1. The molecule has 6 nitrogen and oxygen atoms in total. The van der Waals surface area contributed by atoms with Crippen LogP contribution in [0.1, 0.15) is 6.92 Å². The molecule has 0 atom stereocenters. The highest BCUT2D eigenvalue weighted by atomic mass is 16.6. The Morgan fingerprint density at radius 2 is 2.29 bits per heavy atom. The predicted molar refractivity (Wildman–Crippen MR) is 64.5 cm³/mol. The molecule has 0 spiro atoms. The molecule has 1 aromatic rings. The Bertz CT molecular complexity index is 418. The second kappa shape index (κ2) is 5.01. The molecule has 2 rings (SSSR count). The van der Waals surface area contributed by atoms with Gasteiger partial charge in [0.2, 0.25) is 0 Å². The summed E-state index contributed by atoms with van der Waals surface area (Å²) in [6.07, 6.45) is 0. The second-order valence-corrected chi connectivity index (χ2v) is 3.91. The molecule has 0 bridgehead atoms. The number of benzene rings is 1. The van der Waals surface area contributed by atoms with Crippen molar-refractivity contribution < 1.29 is 9.66 Å². The molecule has 92 valence electrons. The molecule has 1 fully saturated rings. The minimum atomic E-state index is -0.410. The number of hydrogen-bond donors (Lipinski definition) is 2. The lowest BCUT2D eigenvalue weighted by Crippen LogP contribution is -2.51. The van der Waals surface area contributed by atoms with Crippen LogP contribution in [0.15, 0.2) is 18.2 Å². The predicted octanol–water partition coefficient (Wildman–Crippen LogP) is 1.38. The zero-order valence-corrected chi connectivity index (χ0v) is 9.60. The van der Waals surface area contributed by atoms with Gasteiger partial charge >= 0.3 is 0 Å². The smallest absolute Gasteiger partial charge is 0.275 e. The SMILES string of the molecule is CCOc1cc(NC2CNC2)cc([N+](=O)[O-])c1. The monoisotopic (exact) mass is 237 g/mol. The molecule has 17 heavy (non-hydrogen) atoms. The van der Waals surface area contributed by atoms with Gasteiger partial charge in [-0.15, -0.1) is 0 Å². The third-order valence-corrected chi connectivity index (χ3v) is 2.57. The van der Waals surface area contributed by atoms with Crippen molar-refractivity contribution in [3.8, 4) is 5.75 Å². The van der Waals surface area contributed by atoms with Crippen molar-refractivity contribution in [2.24, 2.45) is 0 Å². The van der Waals surface area contributed by atoms with E-state index in [0.717, 1.165) is 18.8 Å². The summed E-state index contributed by atoms with van der Waals surface area (Å²) in [5.41, 5.74) is 0.778. The molecule has 6 heteroatoms. The first-order valence-electron chi connectivity index (χ1n) is 5.58. The molecule has 0 amide bonds. The number of anilines is 1. The molecule has 0 saturated carbocycles. The van der Waals surface area contributed by atoms with Crippen LogP contribution in [0.25, 0.3) is 0 Å². The van der Waals surface area contributed by atoms with Crippen LogP contribution in [0.3, 0.4) is 0 Å². The van der Waals surface area contributed by atoms with E-state index in [-0.39, 0.29) is 5.69 Å². The first-order valence-corrected chi connectivity index (χ1v) is 5.58. The summed E-state index contributed by atoms with van der Waals surface area (Å²) in [5.74, 6) is 0.525. The molecule has 1 heterocycles. The van der Waals surface area contributed by atoms with E-state index in [1.807, 2.05) is 6.92 Å². The van der Waals surface area contributed by atoms with Gasteiger partial charge in [0.15, 0.2) is 0 Å². The minimum absolute atomic E-state index is 0.0470. The van der Waals surface area contributed by atoms with Crippen molar-refractivity contribution in [2.45, 2.75) is 13.0 Å². The van der Waals surface area contributed by atoms with E-state index in [2.05, 4.69) is 10.6 Å². The van der Waals surface area contributed by atoms with Gasteiger partial charge in [-0.1, -0.05) is 0 Å². The number of rotatable bonds is 5. The fourth-order valence-corrected chi connectivity index (χ4v) is 1.65. The first-order chi connectivity index (χ1) is 8.19. The second-order valence-electron chi connectivity index (χ2n) is 3.91. The molecule has 0 unspecified atom stereocenters. The molecule has 0 aromatic heterocycles. The van der Waals surface area contributed by atoms with Crippen molar-refractivity contribution in [3.63, 3.8) is 0 Å². The molecule has 1 aliphatic heterocycles. The Labute approximate surface area is 99.1 Å². The van der Waals surface area contributed by atoms with E-state index in [1.165, 1.54) is 12.1 Å². The molecule has 1 aliphatic rings. The van der Waals surface area contributed by atoms with Crippen LogP contribution in [0.2, 0.25) is 0 Å². The Kier molecular flexibility index (Phi) is 3.43. The minimum Gasteiger partial charge on any atom is -0.494 e.